The molecule has 0 saturated heterocycles. The first kappa shape index (κ1) is 16.0. The fourth-order valence-corrected chi connectivity index (χ4v) is 3.84. The van der Waals surface area contributed by atoms with Crippen LogP contribution in [0.1, 0.15) is 5.69 Å². The third-order valence-corrected chi connectivity index (χ3v) is 5.36. The Labute approximate surface area is 164 Å². The lowest BCUT2D eigenvalue weighted by Crippen LogP contribution is -2.33. The van der Waals surface area contributed by atoms with Crippen LogP contribution < -0.4 is 10.9 Å². The molecule has 5 aromatic rings. The number of pyridine rings is 3. The van der Waals surface area contributed by atoms with E-state index in [4.69, 9.17) is 0 Å². The topological polar surface area (TPSA) is 94.9 Å². The van der Waals surface area contributed by atoms with Gasteiger partial charge in [-0.2, -0.15) is 5.10 Å². The Kier molecular flexibility index (Phi) is 3.17. The van der Waals surface area contributed by atoms with Crippen LogP contribution in [0.4, 0.5) is 11.4 Å². The zero-order valence-corrected chi connectivity index (χ0v) is 15.6. The number of aryl methyl sites for hydroxylation is 1. The van der Waals surface area contributed by atoms with E-state index in [1.807, 2.05) is 42.1 Å². The van der Waals surface area contributed by atoms with Crippen molar-refractivity contribution in [3.8, 4) is 11.4 Å². The van der Waals surface area contributed by atoms with E-state index in [1.54, 1.807) is 27.8 Å². The molecule has 6 rings (SSSR count). The number of nitrogens with zero attached hydrogens (tertiary/aromatic N) is 7. The molecule has 0 bridgehead atoms. The van der Waals surface area contributed by atoms with E-state index in [0.29, 0.717) is 11.2 Å². The molecule has 0 fully saturated rings. The van der Waals surface area contributed by atoms with Crippen LogP contribution in [0.2, 0.25) is 0 Å². The van der Waals surface area contributed by atoms with Crippen molar-refractivity contribution in [3.05, 3.63) is 65.1 Å². The van der Waals surface area contributed by atoms with E-state index in [1.165, 1.54) is 0 Å². The van der Waals surface area contributed by atoms with Gasteiger partial charge in [0.25, 0.3) is 5.56 Å². The number of aromatic nitrogens is 7. The van der Waals surface area contributed by atoms with Crippen LogP contribution in [-0.4, -0.2) is 33.9 Å². The first-order valence-electron chi connectivity index (χ1n) is 9.30. The first-order chi connectivity index (χ1) is 14.2. The molecule has 6 heterocycles. The highest BCUT2D eigenvalue weighted by atomic mass is 16.1. The molecule has 0 radical (unpaired) electrons. The van der Waals surface area contributed by atoms with Gasteiger partial charge in [0, 0.05) is 61.6 Å². The average molecular weight is 384 g/mol. The van der Waals surface area contributed by atoms with E-state index in [-0.39, 0.29) is 5.56 Å². The molecule has 1 aliphatic heterocycles. The van der Waals surface area contributed by atoms with Crippen LogP contribution in [0, 0.1) is 0 Å². The Hall–Kier alpha value is -4.01. The van der Waals surface area contributed by atoms with Crippen molar-refractivity contribution in [3.63, 3.8) is 0 Å². The van der Waals surface area contributed by atoms with Crippen molar-refractivity contribution < 1.29 is 0 Å². The molecule has 0 atom stereocenters. The Balaban J connectivity index is 1.46. The lowest BCUT2D eigenvalue weighted by atomic mass is 10.1. The molecule has 0 aromatic carbocycles. The zero-order chi connectivity index (χ0) is 19.5. The van der Waals surface area contributed by atoms with E-state index in [0.717, 1.165) is 46.8 Å². The van der Waals surface area contributed by atoms with E-state index in [9.17, 15) is 4.79 Å². The van der Waals surface area contributed by atoms with Crippen molar-refractivity contribution in [1.29, 1.82) is 0 Å². The van der Waals surface area contributed by atoms with Gasteiger partial charge in [-0.15, -0.1) is 5.10 Å². The molecule has 29 heavy (non-hydrogen) atoms. The van der Waals surface area contributed by atoms with Crippen molar-refractivity contribution in [1.82, 2.24) is 33.9 Å². The average Bonchev–Trinajstić information content (AvgIpc) is 3.30. The van der Waals surface area contributed by atoms with Crippen molar-refractivity contribution in [2.75, 3.05) is 5.32 Å². The van der Waals surface area contributed by atoms with Gasteiger partial charge in [0.2, 0.25) is 0 Å². The smallest absolute Gasteiger partial charge is 0.261 e. The van der Waals surface area contributed by atoms with Gasteiger partial charge in [-0.05, 0) is 18.2 Å². The molecule has 1 N–H and O–H groups in total. The van der Waals surface area contributed by atoms with Gasteiger partial charge in [0.1, 0.15) is 0 Å². The Bertz CT molecular complexity index is 1460. The maximum Gasteiger partial charge on any atom is 0.261 e. The highest BCUT2D eigenvalue weighted by Gasteiger charge is 2.25. The van der Waals surface area contributed by atoms with Gasteiger partial charge >= 0.3 is 0 Å². The number of hydrogen-bond acceptors (Lipinski definition) is 6. The van der Waals surface area contributed by atoms with Crippen molar-refractivity contribution >= 4 is 27.9 Å². The minimum Gasteiger partial charge on any atom is -0.352 e. The minimum atomic E-state index is 0.0221. The van der Waals surface area contributed by atoms with Crippen LogP contribution in [-0.2, 0) is 20.0 Å². The largest absolute Gasteiger partial charge is 0.352 e. The molecule has 9 nitrogen and oxygen atoms in total. The van der Waals surface area contributed by atoms with Crippen LogP contribution in [0.15, 0.2) is 53.8 Å². The maximum absolute atomic E-state index is 12.6. The predicted octanol–water partition coefficient (Wildman–Crippen LogP) is 2.14. The summed E-state index contributed by atoms with van der Waals surface area (Å²) in [6.07, 6.45) is 7.83. The molecule has 0 saturated carbocycles. The molecule has 0 spiro atoms. The van der Waals surface area contributed by atoms with Gasteiger partial charge in [-0.3, -0.25) is 14.5 Å². The summed E-state index contributed by atoms with van der Waals surface area (Å²) in [5, 5.41) is 12.9. The SMILES string of the molecule is Cn1ncc2c(=O)n3c(c(Nc4ccn5nc(-c6cccnc6)nc5c4)c21)CC3. The number of hydrogen-bond donors (Lipinski definition) is 1. The van der Waals surface area contributed by atoms with Gasteiger partial charge in [0.05, 0.1) is 22.8 Å². The lowest BCUT2D eigenvalue weighted by molar-refractivity contribution is 0.534. The van der Waals surface area contributed by atoms with E-state index < -0.39 is 0 Å². The van der Waals surface area contributed by atoms with Gasteiger partial charge in [-0.1, -0.05) is 0 Å². The Morgan fingerprint density at radius 3 is 2.93 bits per heavy atom. The Morgan fingerprint density at radius 1 is 1.21 bits per heavy atom. The summed E-state index contributed by atoms with van der Waals surface area (Å²) in [5.74, 6) is 0.625. The fraction of sp³-hybridized carbons (Fsp3) is 0.150. The molecule has 5 aromatic heterocycles. The quantitative estimate of drug-likeness (QED) is 0.512. The summed E-state index contributed by atoms with van der Waals surface area (Å²) in [4.78, 5) is 21.3. The summed E-state index contributed by atoms with van der Waals surface area (Å²) in [6, 6.07) is 7.68. The summed E-state index contributed by atoms with van der Waals surface area (Å²) in [7, 11) is 1.85. The number of nitrogens with one attached hydrogen (secondary N) is 1. The summed E-state index contributed by atoms with van der Waals surface area (Å²) >= 11 is 0. The lowest BCUT2D eigenvalue weighted by Gasteiger charge is -2.26. The van der Waals surface area contributed by atoms with E-state index >= 15 is 0 Å². The van der Waals surface area contributed by atoms with Gasteiger partial charge in [0.15, 0.2) is 11.5 Å². The highest BCUT2D eigenvalue weighted by Crippen LogP contribution is 2.32. The van der Waals surface area contributed by atoms with Gasteiger partial charge in [-0.25, -0.2) is 9.50 Å². The number of rotatable bonds is 3. The highest BCUT2D eigenvalue weighted by molar-refractivity contribution is 5.93. The standard InChI is InChI=1S/C20H16N8O/c1-26-18-14(11-22-26)20(29)27-7-5-15(27)17(18)23-13-4-8-28-16(9-13)24-19(25-28)12-3-2-6-21-10-12/h2-4,6,8-11,23H,5,7H2,1H3. The van der Waals surface area contributed by atoms with Crippen LogP contribution in [0.3, 0.4) is 0 Å². The third kappa shape index (κ3) is 2.30. The molecule has 142 valence electrons. The van der Waals surface area contributed by atoms with Gasteiger partial charge < -0.3 is 9.88 Å². The second-order valence-electron chi connectivity index (χ2n) is 7.08. The number of anilines is 2. The number of fused-ring (bicyclic) bond motifs is 3. The fourth-order valence-electron chi connectivity index (χ4n) is 3.84. The molecule has 0 unspecified atom stereocenters. The summed E-state index contributed by atoms with van der Waals surface area (Å²) in [5.41, 5.74) is 5.23. The second kappa shape index (κ2) is 5.74. The minimum absolute atomic E-state index is 0.0221. The molecular weight excluding hydrogens is 368 g/mol. The Morgan fingerprint density at radius 2 is 2.14 bits per heavy atom. The van der Waals surface area contributed by atoms with E-state index in [2.05, 4.69) is 25.5 Å². The molecule has 1 aliphatic rings. The van der Waals surface area contributed by atoms with Crippen LogP contribution >= 0.6 is 0 Å². The van der Waals surface area contributed by atoms with Crippen molar-refractivity contribution in [2.45, 2.75) is 13.0 Å². The second-order valence-corrected chi connectivity index (χ2v) is 7.08. The van der Waals surface area contributed by atoms with Crippen LogP contribution in [0.25, 0.3) is 27.9 Å². The summed E-state index contributed by atoms with van der Waals surface area (Å²) < 4.78 is 5.29. The summed E-state index contributed by atoms with van der Waals surface area (Å²) in [6.45, 7) is 0.741. The molecule has 9 heteroatoms. The monoisotopic (exact) mass is 384 g/mol. The molecule has 0 amide bonds. The predicted molar refractivity (Wildman–Crippen MR) is 108 cm³/mol. The molecular formula is C20H16N8O. The maximum atomic E-state index is 12.6. The third-order valence-electron chi connectivity index (χ3n) is 5.36. The normalized spacial score (nSPS) is 12.9. The van der Waals surface area contributed by atoms with Crippen LogP contribution in [0.5, 0.6) is 0 Å². The molecule has 0 aliphatic carbocycles. The first-order valence-corrected chi connectivity index (χ1v) is 9.30. The zero-order valence-electron chi connectivity index (χ0n) is 15.6. The van der Waals surface area contributed by atoms with Crippen molar-refractivity contribution in [2.24, 2.45) is 7.05 Å².